The van der Waals surface area contributed by atoms with E-state index >= 15 is 0 Å². The molecule has 1 fully saturated rings. The molecule has 0 heterocycles. The van der Waals surface area contributed by atoms with Crippen molar-refractivity contribution in [2.45, 2.75) is 44.9 Å². The van der Waals surface area contributed by atoms with E-state index in [0.717, 1.165) is 25.3 Å². The maximum atomic E-state index is 11.9. The highest BCUT2D eigenvalue weighted by atomic mass is 16.6. The number of hydrogen-bond acceptors (Lipinski definition) is 8. The van der Waals surface area contributed by atoms with Gasteiger partial charge in [0, 0.05) is 12.7 Å². The highest BCUT2D eigenvalue weighted by Crippen LogP contribution is 2.47. The molecule has 2 rings (SSSR count). The lowest BCUT2D eigenvalue weighted by Crippen LogP contribution is -2.17. The minimum Gasteiger partial charge on any atom is -0.480 e. The van der Waals surface area contributed by atoms with E-state index in [0.29, 0.717) is 26.1 Å². The van der Waals surface area contributed by atoms with E-state index in [2.05, 4.69) is 0 Å². The van der Waals surface area contributed by atoms with Crippen LogP contribution in [0.3, 0.4) is 0 Å². The van der Waals surface area contributed by atoms with Crippen molar-refractivity contribution in [3.8, 4) is 5.75 Å². The number of hydrogen-bond donors (Lipinski definition) is 1. The maximum absolute atomic E-state index is 11.9. The van der Waals surface area contributed by atoms with Crippen LogP contribution in [0, 0.1) is 20.2 Å². The van der Waals surface area contributed by atoms with Crippen LogP contribution < -0.4 is 4.74 Å². The Morgan fingerprint density at radius 3 is 2.27 bits per heavy atom. The van der Waals surface area contributed by atoms with Crippen molar-refractivity contribution in [2.24, 2.45) is 0 Å². The van der Waals surface area contributed by atoms with Gasteiger partial charge in [-0.1, -0.05) is 19.3 Å². The molecule has 166 valence electrons. The molecule has 0 bridgehead atoms. The second-order valence-corrected chi connectivity index (χ2v) is 6.85. The normalized spacial score (nSPS) is 14.4. The van der Waals surface area contributed by atoms with Gasteiger partial charge in [-0.25, -0.2) is 4.79 Å². The van der Waals surface area contributed by atoms with E-state index < -0.39 is 38.5 Å². The predicted octanol–water partition coefficient (Wildman–Crippen LogP) is 3.68. The fourth-order valence-corrected chi connectivity index (χ4v) is 3.66. The quantitative estimate of drug-likeness (QED) is 0.300. The average Bonchev–Trinajstić information content (AvgIpc) is 2.72. The van der Waals surface area contributed by atoms with Gasteiger partial charge in [0.05, 0.1) is 40.8 Å². The van der Waals surface area contributed by atoms with Gasteiger partial charge in [-0.3, -0.25) is 20.2 Å². The zero-order valence-corrected chi connectivity index (χ0v) is 16.8. The lowest BCUT2D eigenvalue weighted by molar-refractivity contribution is -0.396. The second-order valence-electron chi connectivity index (χ2n) is 6.85. The molecule has 0 aromatic heterocycles. The molecule has 30 heavy (non-hydrogen) atoms. The molecule has 1 aliphatic rings. The highest BCUT2D eigenvalue weighted by Gasteiger charge is 2.39. The van der Waals surface area contributed by atoms with Crippen LogP contribution in [0.25, 0.3) is 0 Å². The summed E-state index contributed by atoms with van der Waals surface area (Å²) in [5.41, 5.74) is -1.79. The summed E-state index contributed by atoms with van der Waals surface area (Å²) in [7, 11) is 0. The molecule has 1 aliphatic carbocycles. The van der Waals surface area contributed by atoms with Gasteiger partial charge in [0.25, 0.3) is 5.75 Å². The molecule has 0 amide bonds. The summed E-state index contributed by atoms with van der Waals surface area (Å²) in [5, 5.41) is 33.0. The van der Waals surface area contributed by atoms with Crippen molar-refractivity contribution in [1.29, 1.82) is 0 Å². The Hall–Kier alpha value is -2.79. The topological polar surface area (TPSA) is 151 Å². The van der Waals surface area contributed by atoms with E-state index in [1.807, 2.05) is 6.92 Å². The van der Waals surface area contributed by atoms with Gasteiger partial charge in [0.2, 0.25) is 0 Å². The molecule has 1 aromatic carbocycles. The number of carboxylic acid groups (broad SMARTS) is 1. The average molecular weight is 426 g/mol. The lowest BCUT2D eigenvalue weighted by Gasteiger charge is -2.24. The summed E-state index contributed by atoms with van der Waals surface area (Å²) in [4.78, 5) is 33.6. The predicted molar refractivity (Wildman–Crippen MR) is 105 cm³/mol. The number of nitro benzene ring substituents is 2. The molecule has 11 heteroatoms. The number of carboxylic acids is 1. The van der Waals surface area contributed by atoms with Crippen molar-refractivity contribution in [3.05, 3.63) is 37.4 Å². The van der Waals surface area contributed by atoms with Crippen molar-refractivity contribution in [1.82, 2.24) is 0 Å². The van der Waals surface area contributed by atoms with Crippen LogP contribution in [-0.4, -0.2) is 54.0 Å². The first-order chi connectivity index (χ1) is 14.4. The Labute approximate surface area is 173 Å². The molecule has 1 aromatic rings. The van der Waals surface area contributed by atoms with Gasteiger partial charge < -0.3 is 19.3 Å². The number of aromatic carboxylic acids is 1. The van der Waals surface area contributed by atoms with Gasteiger partial charge in [0.1, 0.15) is 6.61 Å². The Morgan fingerprint density at radius 2 is 1.70 bits per heavy atom. The van der Waals surface area contributed by atoms with Gasteiger partial charge >= 0.3 is 17.3 Å². The maximum Gasteiger partial charge on any atom is 0.336 e. The van der Waals surface area contributed by atoms with Crippen LogP contribution in [-0.2, 0) is 9.47 Å². The van der Waals surface area contributed by atoms with Crippen molar-refractivity contribution in [3.63, 3.8) is 0 Å². The van der Waals surface area contributed by atoms with E-state index in [1.54, 1.807) is 0 Å². The minimum absolute atomic E-state index is 0.00469. The van der Waals surface area contributed by atoms with E-state index in [4.69, 9.17) is 14.2 Å². The van der Waals surface area contributed by atoms with Crippen molar-refractivity contribution in [2.75, 3.05) is 33.0 Å². The first-order valence-corrected chi connectivity index (χ1v) is 9.89. The summed E-state index contributed by atoms with van der Waals surface area (Å²) in [6.45, 7) is 2.91. The fourth-order valence-electron chi connectivity index (χ4n) is 3.66. The van der Waals surface area contributed by atoms with Crippen LogP contribution in [0.2, 0.25) is 0 Å². The summed E-state index contributed by atoms with van der Waals surface area (Å²) in [6.07, 6.45) is 3.74. The zero-order chi connectivity index (χ0) is 22.1. The lowest BCUT2D eigenvalue weighted by atomic mass is 9.80. The smallest absolute Gasteiger partial charge is 0.336 e. The molecule has 0 unspecified atom stereocenters. The highest BCUT2D eigenvalue weighted by molar-refractivity contribution is 5.93. The van der Waals surface area contributed by atoms with E-state index in [-0.39, 0.29) is 31.3 Å². The summed E-state index contributed by atoms with van der Waals surface area (Å²) in [6, 6.07) is 0.866. The molecule has 0 atom stereocenters. The molecular weight excluding hydrogens is 400 g/mol. The largest absolute Gasteiger partial charge is 0.480 e. The number of ether oxygens (including phenoxy) is 3. The van der Waals surface area contributed by atoms with Gasteiger partial charge in [-0.2, -0.15) is 0 Å². The third-order valence-corrected chi connectivity index (χ3v) is 4.95. The molecule has 0 spiro atoms. The van der Waals surface area contributed by atoms with E-state index in [1.165, 1.54) is 0 Å². The van der Waals surface area contributed by atoms with Crippen LogP contribution >= 0.6 is 0 Å². The number of rotatable bonds is 12. The van der Waals surface area contributed by atoms with Crippen LogP contribution in [0.5, 0.6) is 5.75 Å². The number of carbonyl (C=O) groups is 1. The number of benzene rings is 1. The third kappa shape index (κ3) is 5.86. The Kier molecular flexibility index (Phi) is 8.93. The molecule has 1 N–H and O–H groups in total. The monoisotopic (exact) mass is 426 g/mol. The fraction of sp³-hybridized carbons (Fsp3) is 0.632. The van der Waals surface area contributed by atoms with Gasteiger partial charge in [-0.15, -0.1) is 0 Å². The van der Waals surface area contributed by atoms with E-state index in [9.17, 15) is 30.1 Å². The molecule has 0 aliphatic heterocycles. The number of nitro groups is 2. The standard InChI is InChI=1S/C19H26N2O9/c1-2-28-8-9-29-10-11-30-18-15(20(24)25)12-14(19(22)23)16(17(18)21(26)27)13-6-4-3-5-7-13/h12-13H,2-11H2,1H3,(H,22,23). The number of nitrogens with zero attached hydrogens (tertiary/aromatic N) is 2. The Balaban J connectivity index is 2.40. The Bertz CT molecular complexity index is 776. The second kappa shape index (κ2) is 11.4. The zero-order valence-electron chi connectivity index (χ0n) is 16.8. The first kappa shape index (κ1) is 23.5. The van der Waals surface area contributed by atoms with Crippen LogP contribution in [0.1, 0.15) is 60.9 Å². The molecular formula is C19H26N2O9. The summed E-state index contributed by atoms with van der Waals surface area (Å²) >= 11 is 0. The summed E-state index contributed by atoms with van der Waals surface area (Å²) in [5.74, 6) is -2.33. The SMILES string of the molecule is CCOCCOCCOc1c([N+](=O)[O-])cc(C(=O)O)c(C2CCCCC2)c1[N+](=O)[O-]. The van der Waals surface area contributed by atoms with Gasteiger partial charge in [-0.05, 0) is 25.7 Å². The third-order valence-electron chi connectivity index (χ3n) is 4.95. The molecule has 11 nitrogen and oxygen atoms in total. The molecule has 1 saturated carbocycles. The first-order valence-electron chi connectivity index (χ1n) is 9.89. The summed E-state index contributed by atoms with van der Waals surface area (Å²) < 4.78 is 15.8. The molecule has 0 saturated heterocycles. The van der Waals surface area contributed by atoms with Crippen molar-refractivity contribution >= 4 is 17.3 Å². The molecule has 0 radical (unpaired) electrons. The van der Waals surface area contributed by atoms with Crippen molar-refractivity contribution < 1.29 is 34.0 Å². The van der Waals surface area contributed by atoms with Crippen LogP contribution in [0.15, 0.2) is 6.07 Å². The Morgan fingerprint density at radius 1 is 1.07 bits per heavy atom. The van der Waals surface area contributed by atoms with Gasteiger partial charge in [0.15, 0.2) is 0 Å². The van der Waals surface area contributed by atoms with Crippen LogP contribution in [0.4, 0.5) is 11.4 Å². The minimum atomic E-state index is -1.44.